The third-order valence-corrected chi connectivity index (χ3v) is 4.66. The van der Waals surface area contributed by atoms with Crippen LogP contribution in [0.3, 0.4) is 0 Å². The van der Waals surface area contributed by atoms with Crippen LogP contribution in [0.4, 0.5) is 0 Å². The molecule has 1 amide bonds. The molecule has 0 atom stereocenters. The third kappa shape index (κ3) is 5.45. The van der Waals surface area contributed by atoms with E-state index in [1.54, 1.807) is 12.3 Å². The van der Waals surface area contributed by atoms with Crippen LogP contribution in [0.2, 0.25) is 0 Å². The molecule has 0 aliphatic rings. The Bertz CT molecular complexity index is 1180. The van der Waals surface area contributed by atoms with Crippen molar-refractivity contribution >= 4 is 12.1 Å². The van der Waals surface area contributed by atoms with Crippen molar-refractivity contribution in [3.63, 3.8) is 0 Å². The Hall–Kier alpha value is -4.19. The van der Waals surface area contributed by atoms with Gasteiger partial charge in [0.1, 0.15) is 18.1 Å². The van der Waals surface area contributed by atoms with Gasteiger partial charge in [0.2, 0.25) is 0 Å². The number of amides is 1. The molecule has 2 N–H and O–H groups in total. The molecule has 1 aromatic heterocycles. The lowest BCUT2D eigenvalue weighted by molar-refractivity contribution is 0.0950. The highest BCUT2D eigenvalue weighted by Gasteiger charge is 2.11. The Kier molecular flexibility index (Phi) is 6.18. The van der Waals surface area contributed by atoms with Crippen LogP contribution >= 0.6 is 0 Å². The van der Waals surface area contributed by atoms with Gasteiger partial charge in [-0.2, -0.15) is 10.2 Å². The molecule has 0 spiro atoms. The highest BCUT2D eigenvalue weighted by molar-refractivity contribution is 5.94. The standard InChI is InChI=1S/C25H22N4O2/c1-18-10-12-19(13-11-18)16-26-29-25(30)24-15-23(27-28-24)21-8-5-9-22(14-21)31-17-20-6-3-2-4-7-20/h2-16H,17H2,1H3,(H,27,28)(H,29,30). The summed E-state index contributed by atoms with van der Waals surface area (Å²) in [4.78, 5) is 12.3. The van der Waals surface area contributed by atoms with E-state index in [0.29, 0.717) is 18.0 Å². The zero-order valence-corrected chi connectivity index (χ0v) is 17.1. The number of aromatic amines is 1. The maximum absolute atomic E-state index is 12.3. The number of H-pyrrole nitrogens is 1. The highest BCUT2D eigenvalue weighted by Crippen LogP contribution is 2.23. The van der Waals surface area contributed by atoms with Crippen LogP contribution < -0.4 is 10.2 Å². The fourth-order valence-electron chi connectivity index (χ4n) is 2.95. The van der Waals surface area contributed by atoms with Crippen LogP contribution in [-0.2, 0) is 6.61 Å². The van der Waals surface area contributed by atoms with Crippen LogP contribution in [0.25, 0.3) is 11.3 Å². The lowest BCUT2D eigenvalue weighted by Crippen LogP contribution is -2.17. The maximum atomic E-state index is 12.3. The third-order valence-electron chi connectivity index (χ3n) is 4.66. The number of ether oxygens (including phenoxy) is 1. The van der Waals surface area contributed by atoms with Gasteiger partial charge in [-0.1, -0.05) is 72.3 Å². The Balaban J connectivity index is 1.38. The number of benzene rings is 3. The Labute approximate surface area is 180 Å². The molecular weight excluding hydrogens is 388 g/mol. The van der Waals surface area contributed by atoms with Crippen molar-refractivity contribution < 1.29 is 9.53 Å². The van der Waals surface area contributed by atoms with Crippen molar-refractivity contribution in [3.8, 4) is 17.0 Å². The highest BCUT2D eigenvalue weighted by atomic mass is 16.5. The van der Waals surface area contributed by atoms with Gasteiger partial charge in [-0.3, -0.25) is 9.89 Å². The molecule has 154 valence electrons. The van der Waals surface area contributed by atoms with E-state index < -0.39 is 0 Å². The molecule has 31 heavy (non-hydrogen) atoms. The van der Waals surface area contributed by atoms with E-state index >= 15 is 0 Å². The van der Waals surface area contributed by atoms with E-state index in [4.69, 9.17) is 4.74 Å². The zero-order chi connectivity index (χ0) is 21.5. The number of nitrogens with one attached hydrogen (secondary N) is 2. The summed E-state index contributed by atoms with van der Waals surface area (Å²) in [6, 6.07) is 27.1. The second kappa shape index (κ2) is 9.54. The number of hydrazone groups is 1. The first-order valence-corrected chi connectivity index (χ1v) is 9.90. The van der Waals surface area contributed by atoms with Crippen molar-refractivity contribution in [3.05, 3.63) is 107 Å². The van der Waals surface area contributed by atoms with Crippen molar-refractivity contribution in [1.29, 1.82) is 0 Å². The van der Waals surface area contributed by atoms with E-state index in [1.165, 1.54) is 5.56 Å². The van der Waals surface area contributed by atoms with Gasteiger partial charge in [0, 0.05) is 5.56 Å². The Morgan fingerprint density at radius 3 is 2.65 bits per heavy atom. The predicted molar refractivity (Wildman–Crippen MR) is 121 cm³/mol. The first-order valence-electron chi connectivity index (χ1n) is 9.90. The molecule has 0 radical (unpaired) electrons. The van der Waals surface area contributed by atoms with Gasteiger partial charge in [0.15, 0.2) is 0 Å². The van der Waals surface area contributed by atoms with Gasteiger partial charge in [0.05, 0.1) is 11.9 Å². The molecule has 0 saturated heterocycles. The smallest absolute Gasteiger partial charge is 0.289 e. The number of carbonyl (C=O) groups is 1. The van der Waals surface area contributed by atoms with Gasteiger partial charge in [-0.05, 0) is 36.2 Å². The number of aryl methyl sites for hydroxylation is 1. The van der Waals surface area contributed by atoms with E-state index in [-0.39, 0.29) is 5.91 Å². The fraction of sp³-hybridized carbons (Fsp3) is 0.0800. The SMILES string of the molecule is Cc1ccc(C=NNC(=O)c2cc(-c3cccc(OCc4ccccc4)c3)n[nH]2)cc1. The van der Waals surface area contributed by atoms with Gasteiger partial charge < -0.3 is 4.74 Å². The van der Waals surface area contributed by atoms with Gasteiger partial charge in [0.25, 0.3) is 5.91 Å². The van der Waals surface area contributed by atoms with Crippen LogP contribution in [-0.4, -0.2) is 22.3 Å². The van der Waals surface area contributed by atoms with Crippen LogP contribution in [0.15, 0.2) is 90.0 Å². The Morgan fingerprint density at radius 1 is 1.03 bits per heavy atom. The molecule has 0 saturated carbocycles. The minimum Gasteiger partial charge on any atom is -0.489 e. The summed E-state index contributed by atoms with van der Waals surface area (Å²) >= 11 is 0. The summed E-state index contributed by atoms with van der Waals surface area (Å²) in [5.41, 5.74) is 7.51. The van der Waals surface area contributed by atoms with Crippen molar-refractivity contribution in [1.82, 2.24) is 15.6 Å². The number of nitrogens with zero attached hydrogens (tertiary/aromatic N) is 2. The molecule has 4 rings (SSSR count). The monoisotopic (exact) mass is 410 g/mol. The quantitative estimate of drug-likeness (QED) is 0.342. The molecular formula is C25H22N4O2. The lowest BCUT2D eigenvalue weighted by Gasteiger charge is -2.07. The van der Waals surface area contributed by atoms with Gasteiger partial charge in [-0.25, -0.2) is 5.43 Å². The number of aromatic nitrogens is 2. The van der Waals surface area contributed by atoms with Crippen LogP contribution in [0, 0.1) is 6.92 Å². The molecule has 0 fully saturated rings. The molecule has 6 nitrogen and oxygen atoms in total. The second-order valence-electron chi connectivity index (χ2n) is 7.08. The normalized spacial score (nSPS) is 10.9. The van der Waals surface area contributed by atoms with E-state index in [1.807, 2.05) is 85.8 Å². The van der Waals surface area contributed by atoms with Crippen molar-refractivity contribution in [2.24, 2.45) is 5.10 Å². The van der Waals surface area contributed by atoms with Crippen molar-refractivity contribution in [2.45, 2.75) is 13.5 Å². The van der Waals surface area contributed by atoms with Gasteiger partial charge in [-0.15, -0.1) is 0 Å². The fourth-order valence-corrected chi connectivity index (χ4v) is 2.95. The minimum absolute atomic E-state index is 0.326. The number of hydrogen-bond acceptors (Lipinski definition) is 4. The molecule has 1 heterocycles. The second-order valence-corrected chi connectivity index (χ2v) is 7.08. The van der Waals surface area contributed by atoms with Crippen molar-refractivity contribution in [2.75, 3.05) is 0 Å². The first kappa shape index (κ1) is 20.1. The molecule has 0 unspecified atom stereocenters. The Morgan fingerprint density at radius 2 is 1.84 bits per heavy atom. The first-order chi connectivity index (χ1) is 15.2. The summed E-state index contributed by atoms with van der Waals surface area (Å²) in [5, 5.41) is 11.0. The number of hydrogen-bond donors (Lipinski definition) is 2. The summed E-state index contributed by atoms with van der Waals surface area (Å²) in [6.45, 7) is 2.50. The number of rotatable bonds is 7. The van der Waals surface area contributed by atoms with E-state index in [9.17, 15) is 4.79 Å². The van der Waals surface area contributed by atoms with E-state index in [2.05, 4.69) is 20.7 Å². The summed E-state index contributed by atoms with van der Waals surface area (Å²) in [6.07, 6.45) is 1.60. The molecule has 6 heteroatoms. The maximum Gasteiger partial charge on any atom is 0.289 e. The van der Waals surface area contributed by atoms with Crippen LogP contribution in [0.5, 0.6) is 5.75 Å². The topological polar surface area (TPSA) is 79.4 Å². The number of carbonyl (C=O) groups excluding carboxylic acids is 1. The average molecular weight is 410 g/mol. The minimum atomic E-state index is -0.362. The van der Waals surface area contributed by atoms with Crippen LogP contribution in [0.1, 0.15) is 27.2 Å². The molecule has 3 aromatic carbocycles. The molecule has 0 aliphatic carbocycles. The zero-order valence-electron chi connectivity index (χ0n) is 17.1. The lowest BCUT2D eigenvalue weighted by atomic mass is 10.1. The average Bonchev–Trinajstić information content (AvgIpc) is 3.30. The summed E-state index contributed by atoms with van der Waals surface area (Å²) in [5.74, 6) is 0.372. The molecule has 0 aliphatic heterocycles. The van der Waals surface area contributed by atoms with Gasteiger partial charge >= 0.3 is 0 Å². The van der Waals surface area contributed by atoms with E-state index in [0.717, 1.165) is 22.4 Å². The molecule has 4 aromatic rings. The summed E-state index contributed by atoms with van der Waals surface area (Å²) in [7, 11) is 0. The predicted octanol–water partition coefficient (Wildman–Crippen LogP) is 4.73. The largest absolute Gasteiger partial charge is 0.489 e. The summed E-state index contributed by atoms with van der Waals surface area (Å²) < 4.78 is 5.87. The molecule has 0 bridgehead atoms.